The van der Waals surface area contributed by atoms with Gasteiger partial charge in [0.25, 0.3) is 5.91 Å². The fraction of sp³-hybridized carbons (Fsp3) is 0.524. The molecule has 7 nitrogen and oxygen atoms in total. The van der Waals surface area contributed by atoms with Gasteiger partial charge in [-0.25, -0.2) is 4.98 Å². The molecule has 0 saturated heterocycles. The summed E-state index contributed by atoms with van der Waals surface area (Å²) in [6, 6.07) is 6.15. The van der Waals surface area contributed by atoms with Crippen LogP contribution in [0, 0.1) is 0 Å². The number of ether oxygens (including phenoxy) is 2. The lowest BCUT2D eigenvalue weighted by Crippen LogP contribution is -2.32. The van der Waals surface area contributed by atoms with Crippen molar-refractivity contribution in [2.75, 3.05) is 27.8 Å². The zero-order valence-corrected chi connectivity index (χ0v) is 17.7. The van der Waals surface area contributed by atoms with Gasteiger partial charge in [0.05, 0.1) is 20.8 Å². The van der Waals surface area contributed by atoms with Gasteiger partial charge in [0, 0.05) is 31.7 Å². The molecule has 154 valence electrons. The van der Waals surface area contributed by atoms with Gasteiger partial charge in [0.1, 0.15) is 6.26 Å². The Balaban J connectivity index is 2.22. The van der Waals surface area contributed by atoms with E-state index in [9.17, 15) is 4.79 Å². The van der Waals surface area contributed by atoms with E-state index in [-0.39, 0.29) is 5.91 Å². The maximum absolute atomic E-state index is 12.3. The van der Waals surface area contributed by atoms with Crippen molar-refractivity contribution in [1.82, 2.24) is 14.8 Å². The predicted octanol–water partition coefficient (Wildman–Crippen LogP) is 3.58. The normalized spacial score (nSPS) is 12.1. The number of carbonyl (C=O) groups is 1. The molecule has 1 unspecified atom stereocenters. The van der Waals surface area contributed by atoms with Gasteiger partial charge >= 0.3 is 0 Å². The van der Waals surface area contributed by atoms with Gasteiger partial charge in [-0.15, -0.1) is 0 Å². The second-order valence-electron chi connectivity index (χ2n) is 6.76. The monoisotopic (exact) mass is 389 g/mol. The number of hydrogen-bond acceptors (Lipinski definition) is 6. The highest BCUT2D eigenvalue weighted by Crippen LogP contribution is 2.32. The largest absolute Gasteiger partial charge is 0.493 e. The third-order valence-electron chi connectivity index (χ3n) is 5.00. The fourth-order valence-corrected chi connectivity index (χ4v) is 2.92. The molecule has 1 atom stereocenters. The van der Waals surface area contributed by atoms with Crippen molar-refractivity contribution in [2.24, 2.45) is 0 Å². The zero-order valence-electron chi connectivity index (χ0n) is 17.7. The van der Waals surface area contributed by atoms with Crippen LogP contribution in [0.3, 0.4) is 0 Å². The van der Waals surface area contributed by atoms with Crippen molar-refractivity contribution in [1.29, 1.82) is 0 Å². The lowest BCUT2D eigenvalue weighted by atomic mass is 10.1. The standard InChI is InChI=1S/C21H31N3O4/c1-7-15(3)24(12-16-10-9-11-18(26-5)20(16)27-6)13-19-22-17(14-28-19)21(25)23(4)8-2/h9-11,14-15H,7-8,12-13H2,1-6H3. The minimum Gasteiger partial charge on any atom is -0.493 e. The highest BCUT2D eigenvalue weighted by molar-refractivity contribution is 5.91. The lowest BCUT2D eigenvalue weighted by Gasteiger charge is -2.28. The summed E-state index contributed by atoms with van der Waals surface area (Å²) >= 11 is 0. The van der Waals surface area contributed by atoms with E-state index in [2.05, 4.69) is 23.7 Å². The summed E-state index contributed by atoms with van der Waals surface area (Å²) in [4.78, 5) is 20.5. The molecule has 7 heteroatoms. The van der Waals surface area contributed by atoms with Crippen LogP contribution in [0.2, 0.25) is 0 Å². The van der Waals surface area contributed by atoms with E-state index in [1.165, 1.54) is 6.26 Å². The molecule has 0 aliphatic heterocycles. The van der Waals surface area contributed by atoms with Gasteiger partial charge in [0.15, 0.2) is 17.2 Å². The number of carbonyl (C=O) groups excluding carboxylic acids is 1. The molecule has 0 fully saturated rings. The number of aromatic nitrogens is 1. The van der Waals surface area contributed by atoms with Crippen molar-refractivity contribution < 1.29 is 18.7 Å². The van der Waals surface area contributed by atoms with E-state index in [0.717, 1.165) is 17.7 Å². The summed E-state index contributed by atoms with van der Waals surface area (Å²) in [5.41, 5.74) is 1.36. The van der Waals surface area contributed by atoms with Crippen LogP contribution >= 0.6 is 0 Å². The smallest absolute Gasteiger partial charge is 0.275 e. The third-order valence-corrected chi connectivity index (χ3v) is 5.00. The Morgan fingerprint density at radius 1 is 1.21 bits per heavy atom. The number of para-hydroxylation sites is 1. The van der Waals surface area contributed by atoms with E-state index in [1.807, 2.05) is 25.1 Å². The molecule has 1 amide bonds. The first-order chi connectivity index (χ1) is 13.4. The van der Waals surface area contributed by atoms with Crippen LogP contribution in [0.25, 0.3) is 0 Å². The van der Waals surface area contributed by atoms with Crippen molar-refractivity contribution in [2.45, 2.75) is 46.3 Å². The van der Waals surface area contributed by atoms with Gasteiger partial charge in [0.2, 0.25) is 5.89 Å². The SMILES string of the molecule is CCC(C)N(Cc1nc(C(=O)N(C)CC)co1)Cc1cccc(OC)c1OC. The van der Waals surface area contributed by atoms with Gasteiger partial charge in [-0.2, -0.15) is 0 Å². The Morgan fingerprint density at radius 3 is 2.57 bits per heavy atom. The van der Waals surface area contributed by atoms with E-state index in [1.54, 1.807) is 26.2 Å². The Kier molecular flexibility index (Phi) is 7.87. The van der Waals surface area contributed by atoms with Gasteiger partial charge in [-0.1, -0.05) is 19.1 Å². The van der Waals surface area contributed by atoms with Crippen LogP contribution in [0.1, 0.15) is 49.1 Å². The van der Waals surface area contributed by atoms with Crippen LogP contribution in [-0.2, 0) is 13.1 Å². The molecule has 2 aromatic rings. The van der Waals surface area contributed by atoms with Crippen molar-refractivity contribution in [3.05, 3.63) is 41.6 Å². The molecule has 0 aliphatic rings. The maximum atomic E-state index is 12.3. The van der Waals surface area contributed by atoms with Crippen molar-refractivity contribution in [3.8, 4) is 11.5 Å². The van der Waals surface area contributed by atoms with Crippen LogP contribution < -0.4 is 9.47 Å². The molecule has 1 aromatic carbocycles. The summed E-state index contributed by atoms with van der Waals surface area (Å²) in [5.74, 6) is 1.82. The second-order valence-corrected chi connectivity index (χ2v) is 6.76. The molecule has 0 aliphatic carbocycles. The first-order valence-electron chi connectivity index (χ1n) is 9.58. The van der Waals surface area contributed by atoms with Crippen LogP contribution in [0.5, 0.6) is 11.5 Å². The van der Waals surface area contributed by atoms with E-state index in [4.69, 9.17) is 13.9 Å². The van der Waals surface area contributed by atoms with Gasteiger partial charge in [-0.3, -0.25) is 9.69 Å². The third kappa shape index (κ3) is 5.04. The van der Waals surface area contributed by atoms with E-state index < -0.39 is 0 Å². The van der Waals surface area contributed by atoms with Crippen molar-refractivity contribution in [3.63, 3.8) is 0 Å². The molecule has 2 rings (SSSR count). The first-order valence-corrected chi connectivity index (χ1v) is 9.58. The Hall–Kier alpha value is -2.54. The minimum absolute atomic E-state index is 0.137. The molecule has 0 saturated carbocycles. The minimum atomic E-state index is -0.137. The number of rotatable bonds is 10. The number of hydrogen-bond donors (Lipinski definition) is 0. The second kappa shape index (κ2) is 10.1. The van der Waals surface area contributed by atoms with Crippen molar-refractivity contribution >= 4 is 5.91 Å². The number of amides is 1. The summed E-state index contributed by atoms with van der Waals surface area (Å²) < 4.78 is 16.6. The summed E-state index contributed by atoms with van der Waals surface area (Å²) in [6.07, 6.45) is 2.40. The molecular weight excluding hydrogens is 358 g/mol. The van der Waals surface area contributed by atoms with Crippen LogP contribution in [-0.4, -0.2) is 54.5 Å². The number of methoxy groups -OCH3 is 2. The molecule has 0 N–H and O–H groups in total. The predicted molar refractivity (Wildman–Crippen MR) is 108 cm³/mol. The number of oxazole rings is 1. The first kappa shape index (κ1) is 21.8. The lowest BCUT2D eigenvalue weighted by molar-refractivity contribution is 0.0796. The van der Waals surface area contributed by atoms with Gasteiger partial charge in [-0.05, 0) is 26.3 Å². The zero-order chi connectivity index (χ0) is 20.7. The topological polar surface area (TPSA) is 68.0 Å². The average molecular weight is 389 g/mol. The Bertz CT molecular complexity index is 775. The quantitative estimate of drug-likeness (QED) is 0.619. The van der Waals surface area contributed by atoms with Crippen LogP contribution in [0.4, 0.5) is 0 Å². The highest BCUT2D eigenvalue weighted by Gasteiger charge is 2.21. The highest BCUT2D eigenvalue weighted by atomic mass is 16.5. The molecule has 1 heterocycles. The molecule has 0 radical (unpaired) electrons. The molecule has 0 bridgehead atoms. The fourth-order valence-electron chi connectivity index (χ4n) is 2.92. The van der Waals surface area contributed by atoms with E-state index >= 15 is 0 Å². The van der Waals surface area contributed by atoms with E-state index in [0.29, 0.717) is 43.0 Å². The molecule has 1 aromatic heterocycles. The summed E-state index contributed by atoms with van der Waals surface area (Å²) in [6.45, 7) is 7.99. The van der Waals surface area contributed by atoms with Crippen LogP contribution in [0.15, 0.2) is 28.9 Å². The Labute approximate surface area is 167 Å². The molecular formula is C21H31N3O4. The van der Waals surface area contributed by atoms with Gasteiger partial charge < -0.3 is 18.8 Å². The number of nitrogens with zero attached hydrogens (tertiary/aromatic N) is 3. The number of benzene rings is 1. The molecule has 28 heavy (non-hydrogen) atoms. The average Bonchev–Trinajstić information content (AvgIpc) is 3.19. The molecule has 0 spiro atoms. The Morgan fingerprint density at radius 2 is 1.96 bits per heavy atom. The summed E-state index contributed by atoms with van der Waals surface area (Å²) in [5, 5.41) is 0. The summed E-state index contributed by atoms with van der Waals surface area (Å²) in [7, 11) is 5.02. The maximum Gasteiger partial charge on any atom is 0.275 e.